The zero-order valence-electron chi connectivity index (χ0n) is 24.8. The standard InChI is InChI=1S/C32H40N3O5/c1-9-38-31(36)11-10-16-39-30-19-25(27(37-8)20-26(30)35(6)7)32-23-14-12-21(33(2)3)17-28(23)40-29-18-22(34(4)5)13-15-24(29)32/h12-15,17-20H,9-11,16H2,1-8H3/q+1. The van der Waals surface area contributed by atoms with Gasteiger partial charge < -0.3 is 28.4 Å². The SMILES string of the molecule is CCOC(=O)CCCOc1cc(-c2c3ccc(=[N+](C)C)cc-3oc3cc(N(C)C)ccc23)c(OC)cc1N(C)C. The summed E-state index contributed by atoms with van der Waals surface area (Å²) in [6.45, 7) is 2.57. The first kappa shape index (κ1) is 28.8. The van der Waals surface area contributed by atoms with E-state index >= 15 is 0 Å². The quantitative estimate of drug-likeness (QED) is 0.119. The van der Waals surface area contributed by atoms with Gasteiger partial charge in [-0.2, -0.15) is 0 Å². The highest BCUT2D eigenvalue weighted by Crippen LogP contribution is 2.47. The van der Waals surface area contributed by atoms with Crippen molar-refractivity contribution in [2.45, 2.75) is 19.8 Å². The third kappa shape index (κ3) is 6.01. The van der Waals surface area contributed by atoms with Crippen molar-refractivity contribution in [3.05, 3.63) is 53.9 Å². The maximum atomic E-state index is 11.8. The van der Waals surface area contributed by atoms with Gasteiger partial charge >= 0.3 is 5.97 Å². The topological polar surface area (TPSA) is 67.4 Å². The van der Waals surface area contributed by atoms with Crippen LogP contribution < -0.4 is 29.2 Å². The van der Waals surface area contributed by atoms with Crippen LogP contribution in [0.15, 0.2) is 52.9 Å². The Kier molecular flexibility index (Phi) is 8.87. The fourth-order valence-corrected chi connectivity index (χ4v) is 4.72. The van der Waals surface area contributed by atoms with Gasteiger partial charge in [0.1, 0.15) is 36.9 Å². The summed E-state index contributed by atoms with van der Waals surface area (Å²) in [7, 11) is 13.7. The molecule has 2 aliphatic rings. The number of benzene rings is 3. The van der Waals surface area contributed by atoms with Crippen LogP contribution in [0.4, 0.5) is 11.4 Å². The molecule has 2 aromatic rings. The summed E-state index contributed by atoms with van der Waals surface area (Å²) in [5, 5.41) is 2.02. The highest BCUT2D eigenvalue weighted by atomic mass is 16.5. The predicted molar refractivity (Wildman–Crippen MR) is 162 cm³/mol. The second kappa shape index (κ2) is 12.3. The average molecular weight is 547 g/mol. The van der Waals surface area contributed by atoms with Crippen molar-refractivity contribution in [3.8, 4) is 33.9 Å². The molecule has 40 heavy (non-hydrogen) atoms. The third-order valence-corrected chi connectivity index (χ3v) is 6.84. The van der Waals surface area contributed by atoms with E-state index in [4.69, 9.17) is 18.6 Å². The summed E-state index contributed by atoms with van der Waals surface area (Å²) in [5.41, 5.74) is 5.58. The van der Waals surface area contributed by atoms with Gasteiger partial charge in [0.25, 0.3) is 0 Å². The number of methoxy groups -OCH3 is 1. The number of hydrogen-bond donors (Lipinski definition) is 0. The number of carbonyl (C=O) groups is 1. The molecule has 0 spiro atoms. The van der Waals surface area contributed by atoms with Crippen LogP contribution in [-0.4, -0.2) is 68.6 Å². The lowest BCUT2D eigenvalue weighted by atomic mass is 9.92. The molecular weight excluding hydrogens is 506 g/mol. The Hall–Kier alpha value is -4.20. The Morgan fingerprint density at radius 3 is 2.35 bits per heavy atom. The third-order valence-electron chi connectivity index (χ3n) is 6.84. The summed E-state index contributed by atoms with van der Waals surface area (Å²) in [6, 6.07) is 16.5. The lowest BCUT2D eigenvalue weighted by molar-refractivity contribution is -0.143. The van der Waals surface area contributed by atoms with E-state index in [0.29, 0.717) is 31.8 Å². The largest absolute Gasteiger partial charge is 0.496 e. The van der Waals surface area contributed by atoms with Crippen LogP contribution in [0, 0.1) is 0 Å². The number of esters is 1. The van der Waals surface area contributed by atoms with Gasteiger partial charge in [0.15, 0.2) is 0 Å². The first-order chi connectivity index (χ1) is 19.1. The Bertz CT molecular complexity index is 1550. The summed E-state index contributed by atoms with van der Waals surface area (Å²) < 4.78 is 25.8. The van der Waals surface area contributed by atoms with Crippen molar-refractivity contribution in [1.29, 1.82) is 0 Å². The van der Waals surface area contributed by atoms with E-state index in [2.05, 4.69) is 45.9 Å². The van der Waals surface area contributed by atoms with Gasteiger partial charge in [0, 0.05) is 80.6 Å². The van der Waals surface area contributed by atoms with Crippen LogP contribution in [0.1, 0.15) is 19.8 Å². The molecule has 0 atom stereocenters. The average Bonchev–Trinajstić information content (AvgIpc) is 2.93. The lowest BCUT2D eigenvalue weighted by Gasteiger charge is -2.23. The van der Waals surface area contributed by atoms with Gasteiger partial charge in [-0.1, -0.05) is 0 Å². The second-order valence-corrected chi connectivity index (χ2v) is 10.3. The number of carbonyl (C=O) groups excluding carboxylic acids is 1. The molecule has 0 radical (unpaired) electrons. The molecule has 0 amide bonds. The molecule has 2 aromatic carbocycles. The fraction of sp³-hybridized carbons (Fsp3) is 0.375. The van der Waals surface area contributed by atoms with E-state index in [1.807, 2.05) is 66.2 Å². The fourth-order valence-electron chi connectivity index (χ4n) is 4.72. The molecule has 0 bridgehead atoms. The normalized spacial score (nSPS) is 11.0. The zero-order chi connectivity index (χ0) is 29.0. The first-order valence-corrected chi connectivity index (χ1v) is 13.5. The molecule has 8 nitrogen and oxygen atoms in total. The van der Waals surface area contributed by atoms with Gasteiger partial charge in [0.05, 0.1) is 32.1 Å². The molecule has 0 aromatic heterocycles. The number of fused-ring (bicyclic) bond motifs is 2. The van der Waals surface area contributed by atoms with Gasteiger partial charge in [0.2, 0.25) is 5.36 Å². The smallest absolute Gasteiger partial charge is 0.305 e. The monoisotopic (exact) mass is 546 g/mol. The number of rotatable bonds is 10. The van der Waals surface area contributed by atoms with Crippen molar-refractivity contribution in [2.24, 2.45) is 0 Å². The van der Waals surface area contributed by atoms with Crippen LogP contribution in [0.25, 0.3) is 33.4 Å². The maximum absolute atomic E-state index is 11.8. The molecule has 8 heteroatoms. The predicted octanol–water partition coefficient (Wildman–Crippen LogP) is 5.10. The zero-order valence-corrected chi connectivity index (χ0v) is 24.8. The van der Waals surface area contributed by atoms with E-state index < -0.39 is 0 Å². The number of hydrogen-bond acceptors (Lipinski definition) is 7. The van der Waals surface area contributed by atoms with E-state index in [1.54, 1.807) is 7.11 Å². The van der Waals surface area contributed by atoms with Crippen LogP contribution in [0.5, 0.6) is 11.5 Å². The number of nitrogens with zero attached hydrogens (tertiary/aromatic N) is 3. The van der Waals surface area contributed by atoms with E-state index in [1.165, 1.54) is 0 Å². The molecule has 0 saturated heterocycles. The van der Waals surface area contributed by atoms with Crippen molar-refractivity contribution in [3.63, 3.8) is 0 Å². The molecule has 212 valence electrons. The minimum Gasteiger partial charge on any atom is -0.496 e. The van der Waals surface area contributed by atoms with Crippen molar-refractivity contribution in [2.75, 3.05) is 72.4 Å². The van der Waals surface area contributed by atoms with Gasteiger partial charge in [-0.15, -0.1) is 0 Å². The van der Waals surface area contributed by atoms with Crippen LogP contribution in [0.3, 0.4) is 0 Å². The van der Waals surface area contributed by atoms with Crippen LogP contribution in [-0.2, 0) is 9.53 Å². The summed E-state index contributed by atoms with van der Waals surface area (Å²) >= 11 is 0. The molecule has 0 unspecified atom stereocenters. The van der Waals surface area contributed by atoms with E-state index in [0.717, 1.165) is 55.9 Å². The van der Waals surface area contributed by atoms with E-state index in [9.17, 15) is 4.79 Å². The molecule has 0 N–H and O–H groups in total. The highest BCUT2D eigenvalue weighted by Gasteiger charge is 2.23. The highest BCUT2D eigenvalue weighted by molar-refractivity contribution is 6.04. The number of anilines is 2. The summed E-state index contributed by atoms with van der Waals surface area (Å²) in [6.07, 6.45) is 0.871. The van der Waals surface area contributed by atoms with Crippen LogP contribution in [0.2, 0.25) is 0 Å². The molecule has 4 rings (SSSR count). The molecular formula is C32H40N3O5+. The second-order valence-electron chi connectivity index (χ2n) is 10.3. The van der Waals surface area contributed by atoms with Crippen molar-refractivity contribution >= 4 is 28.3 Å². The van der Waals surface area contributed by atoms with Gasteiger partial charge in [-0.05, 0) is 37.6 Å². The molecule has 1 aliphatic heterocycles. The molecule has 1 heterocycles. The Morgan fingerprint density at radius 1 is 0.925 bits per heavy atom. The Labute approximate surface area is 236 Å². The minimum absolute atomic E-state index is 0.213. The van der Waals surface area contributed by atoms with Gasteiger partial charge in [-0.3, -0.25) is 4.79 Å². The maximum Gasteiger partial charge on any atom is 0.305 e. The Morgan fingerprint density at radius 2 is 1.70 bits per heavy atom. The minimum atomic E-state index is -0.213. The van der Waals surface area contributed by atoms with Crippen molar-refractivity contribution in [1.82, 2.24) is 4.58 Å². The van der Waals surface area contributed by atoms with E-state index in [-0.39, 0.29) is 5.97 Å². The molecule has 0 saturated carbocycles. The van der Waals surface area contributed by atoms with Crippen molar-refractivity contribution < 1.29 is 23.4 Å². The number of ether oxygens (including phenoxy) is 3. The molecule has 0 fully saturated rings. The van der Waals surface area contributed by atoms with Gasteiger partial charge in [-0.25, -0.2) is 4.58 Å². The first-order valence-electron chi connectivity index (χ1n) is 13.5. The van der Waals surface area contributed by atoms with Crippen LogP contribution >= 0.6 is 0 Å². The summed E-state index contributed by atoms with van der Waals surface area (Å²) in [4.78, 5) is 15.9. The Balaban J connectivity index is 1.93. The lowest BCUT2D eigenvalue weighted by Crippen LogP contribution is -2.21. The summed E-state index contributed by atoms with van der Waals surface area (Å²) in [5.74, 6) is 2.00. The molecule has 1 aliphatic carbocycles.